The Labute approximate surface area is 231 Å². The van der Waals surface area contributed by atoms with Crippen LogP contribution in [-0.2, 0) is 27.8 Å². The van der Waals surface area contributed by atoms with Crippen molar-refractivity contribution >= 4 is 44.8 Å². The summed E-state index contributed by atoms with van der Waals surface area (Å²) in [6.07, 6.45) is 0.480. The number of aromatic nitrogens is 2. The molecule has 1 aromatic heterocycles. The van der Waals surface area contributed by atoms with Gasteiger partial charge in [0.2, 0.25) is 21.8 Å². The van der Waals surface area contributed by atoms with Crippen molar-refractivity contribution < 1.29 is 17.7 Å². The van der Waals surface area contributed by atoms with E-state index >= 15 is 0 Å². The lowest BCUT2D eigenvalue weighted by Gasteiger charge is -2.22. The van der Waals surface area contributed by atoms with Crippen LogP contribution in [0.3, 0.4) is 0 Å². The Morgan fingerprint density at radius 2 is 1.71 bits per heavy atom. The molecule has 1 amide bonds. The van der Waals surface area contributed by atoms with Gasteiger partial charge in [-0.15, -0.1) is 0 Å². The standard InChI is InChI=1S/C27H26Cl2N4O4S/c1-18(2)27-31-25(32-37-27)14-19-8-11-22(12-9-19)30-26(34)17-33(16-20-6-4-3-5-7-20)38(35,36)24-15-21(28)10-13-23(24)29/h3-13,15,18H,14,16-17H2,1-2H3,(H,30,34). The number of halogens is 2. The Balaban J connectivity index is 1.49. The molecule has 0 fully saturated rings. The Bertz CT molecular complexity index is 1510. The summed E-state index contributed by atoms with van der Waals surface area (Å²) in [4.78, 5) is 17.2. The lowest BCUT2D eigenvalue weighted by atomic mass is 10.1. The molecule has 3 aromatic carbocycles. The van der Waals surface area contributed by atoms with Crippen molar-refractivity contribution in [3.05, 3.63) is 106 Å². The summed E-state index contributed by atoms with van der Waals surface area (Å²) >= 11 is 12.2. The number of benzene rings is 3. The van der Waals surface area contributed by atoms with Gasteiger partial charge in [0.1, 0.15) is 4.90 Å². The van der Waals surface area contributed by atoms with E-state index in [-0.39, 0.29) is 27.4 Å². The molecule has 8 nitrogen and oxygen atoms in total. The molecule has 1 N–H and O–H groups in total. The average molecular weight is 574 g/mol. The van der Waals surface area contributed by atoms with E-state index in [1.165, 1.54) is 18.2 Å². The van der Waals surface area contributed by atoms with Gasteiger partial charge in [0.25, 0.3) is 0 Å². The summed E-state index contributed by atoms with van der Waals surface area (Å²) in [7, 11) is -4.15. The van der Waals surface area contributed by atoms with Crippen LogP contribution in [0.1, 0.15) is 42.6 Å². The van der Waals surface area contributed by atoms with Gasteiger partial charge >= 0.3 is 0 Å². The van der Waals surface area contributed by atoms with E-state index in [1.54, 1.807) is 36.4 Å². The van der Waals surface area contributed by atoms with Gasteiger partial charge in [-0.2, -0.15) is 9.29 Å². The molecule has 38 heavy (non-hydrogen) atoms. The van der Waals surface area contributed by atoms with Gasteiger partial charge < -0.3 is 9.84 Å². The van der Waals surface area contributed by atoms with Crippen LogP contribution >= 0.6 is 23.2 Å². The molecule has 0 aliphatic rings. The van der Waals surface area contributed by atoms with Gasteiger partial charge in [0.15, 0.2) is 5.82 Å². The van der Waals surface area contributed by atoms with Crippen LogP contribution in [0.2, 0.25) is 10.0 Å². The molecule has 0 atom stereocenters. The van der Waals surface area contributed by atoms with Crippen LogP contribution in [-0.4, -0.2) is 35.3 Å². The Morgan fingerprint density at radius 3 is 2.37 bits per heavy atom. The van der Waals surface area contributed by atoms with Crippen LogP contribution < -0.4 is 5.32 Å². The predicted molar refractivity (Wildman–Crippen MR) is 147 cm³/mol. The molecular weight excluding hydrogens is 547 g/mol. The number of nitrogens with zero attached hydrogens (tertiary/aromatic N) is 3. The van der Waals surface area contributed by atoms with E-state index in [1.807, 2.05) is 32.0 Å². The fourth-order valence-corrected chi connectivity index (χ4v) is 5.77. The van der Waals surface area contributed by atoms with Gasteiger partial charge in [0.05, 0.1) is 11.6 Å². The Hall–Kier alpha value is -3.24. The maximum atomic E-state index is 13.5. The number of hydrogen-bond acceptors (Lipinski definition) is 6. The Kier molecular flexibility index (Phi) is 8.83. The number of anilines is 1. The zero-order valence-electron chi connectivity index (χ0n) is 20.8. The van der Waals surface area contributed by atoms with Gasteiger partial charge in [-0.3, -0.25) is 4.79 Å². The van der Waals surface area contributed by atoms with Gasteiger partial charge in [-0.1, -0.05) is 84.7 Å². The normalized spacial score (nSPS) is 11.7. The van der Waals surface area contributed by atoms with Crippen LogP contribution in [0.5, 0.6) is 0 Å². The molecule has 4 rings (SSSR count). The number of hydrogen-bond donors (Lipinski definition) is 1. The van der Waals surface area contributed by atoms with E-state index in [0.29, 0.717) is 29.4 Å². The van der Waals surface area contributed by atoms with Crippen LogP contribution in [0.15, 0.2) is 82.2 Å². The molecule has 11 heteroatoms. The van der Waals surface area contributed by atoms with Gasteiger partial charge in [0, 0.05) is 29.6 Å². The van der Waals surface area contributed by atoms with Crippen molar-refractivity contribution in [3.8, 4) is 0 Å². The van der Waals surface area contributed by atoms with Crippen LogP contribution in [0, 0.1) is 0 Å². The first-order valence-electron chi connectivity index (χ1n) is 11.8. The van der Waals surface area contributed by atoms with E-state index < -0.39 is 22.5 Å². The number of amides is 1. The fourth-order valence-electron chi connectivity index (χ4n) is 3.65. The zero-order valence-corrected chi connectivity index (χ0v) is 23.1. The van der Waals surface area contributed by atoms with Crippen molar-refractivity contribution in [1.82, 2.24) is 14.4 Å². The van der Waals surface area contributed by atoms with Crippen molar-refractivity contribution in [2.45, 2.75) is 37.6 Å². The lowest BCUT2D eigenvalue weighted by molar-refractivity contribution is -0.116. The second-order valence-electron chi connectivity index (χ2n) is 8.96. The second kappa shape index (κ2) is 12.1. The highest BCUT2D eigenvalue weighted by Crippen LogP contribution is 2.28. The molecule has 0 spiro atoms. The molecule has 0 saturated carbocycles. The number of carbonyl (C=O) groups is 1. The van der Waals surface area contributed by atoms with Crippen molar-refractivity contribution in [2.24, 2.45) is 0 Å². The predicted octanol–water partition coefficient (Wildman–Crippen LogP) is 5.92. The second-order valence-corrected chi connectivity index (χ2v) is 11.7. The molecule has 198 valence electrons. The average Bonchev–Trinajstić information content (AvgIpc) is 3.36. The molecule has 0 saturated heterocycles. The van der Waals surface area contributed by atoms with E-state index in [4.69, 9.17) is 27.7 Å². The molecule has 0 unspecified atom stereocenters. The molecule has 0 aliphatic carbocycles. The number of carbonyl (C=O) groups excluding carboxylic acids is 1. The highest BCUT2D eigenvalue weighted by atomic mass is 35.5. The summed E-state index contributed by atoms with van der Waals surface area (Å²) in [6.45, 7) is 3.50. The first kappa shape index (κ1) is 27.8. The third-order valence-corrected chi connectivity index (χ3v) is 8.12. The number of sulfonamides is 1. The molecule has 0 aliphatic heterocycles. The molecule has 0 bridgehead atoms. The van der Waals surface area contributed by atoms with Gasteiger partial charge in [-0.05, 0) is 41.5 Å². The lowest BCUT2D eigenvalue weighted by Crippen LogP contribution is -2.37. The SMILES string of the molecule is CC(C)c1nc(Cc2ccc(NC(=O)CN(Cc3ccccc3)S(=O)(=O)c3cc(Cl)ccc3Cl)cc2)no1. The molecule has 0 radical (unpaired) electrons. The maximum Gasteiger partial charge on any atom is 0.245 e. The summed E-state index contributed by atoms with van der Waals surface area (Å²) in [5.41, 5.74) is 2.17. The maximum absolute atomic E-state index is 13.5. The van der Waals surface area contributed by atoms with E-state index in [0.717, 1.165) is 9.87 Å². The Morgan fingerprint density at radius 1 is 1.00 bits per heavy atom. The monoisotopic (exact) mass is 572 g/mol. The van der Waals surface area contributed by atoms with Gasteiger partial charge in [-0.25, -0.2) is 8.42 Å². The summed E-state index contributed by atoms with van der Waals surface area (Å²) in [5, 5.41) is 7.00. The summed E-state index contributed by atoms with van der Waals surface area (Å²) in [6, 6.07) is 20.3. The summed E-state index contributed by atoms with van der Waals surface area (Å²) in [5.74, 6) is 0.800. The smallest absolute Gasteiger partial charge is 0.245 e. The molecular formula is C27H26Cl2N4O4S. The minimum atomic E-state index is -4.15. The first-order chi connectivity index (χ1) is 18.1. The zero-order chi connectivity index (χ0) is 27.3. The quantitative estimate of drug-likeness (QED) is 0.253. The third kappa shape index (κ3) is 6.99. The fraction of sp³-hybridized carbons (Fsp3) is 0.222. The minimum absolute atomic E-state index is 0.0191. The highest BCUT2D eigenvalue weighted by molar-refractivity contribution is 7.89. The van der Waals surface area contributed by atoms with E-state index in [2.05, 4.69) is 15.5 Å². The summed E-state index contributed by atoms with van der Waals surface area (Å²) < 4.78 is 33.4. The highest BCUT2D eigenvalue weighted by Gasteiger charge is 2.29. The van der Waals surface area contributed by atoms with Crippen molar-refractivity contribution in [3.63, 3.8) is 0 Å². The number of rotatable bonds is 10. The number of nitrogens with one attached hydrogen (secondary N) is 1. The third-order valence-electron chi connectivity index (χ3n) is 5.61. The van der Waals surface area contributed by atoms with Crippen LogP contribution in [0.4, 0.5) is 5.69 Å². The largest absolute Gasteiger partial charge is 0.339 e. The molecule has 4 aromatic rings. The minimum Gasteiger partial charge on any atom is -0.339 e. The van der Waals surface area contributed by atoms with Crippen LogP contribution in [0.25, 0.3) is 0 Å². The molecule has 1 heterocycles. The van der Waals surface area contributed by atoms with Crippen molar-refractivity contribution in [1.29, 1.82) is 0 Å². The van der Waals surface area contributed by atoms with E-state index in [9.17, 15) is 13.2 Å². The van der Waals surface area contributed by atoms with Crippen molar-refractivity contribution in [2.75, 3.05) is 11.9 Å². The topological polar surface area (TPSA) is 105 Å². The first-order valence-corrected chi connectivity index (χ1v) is 14.0.